The Labute approximate surface area is 176 Å². The van der Waals surface area contributed by atoms with Gasteiger partial charge in [0, 0.05) is 62.7 Å². The molecule has 0 spiro atoms. The van der Waals surface area contributed by atoms with E-state index in [1.165, 1.54) is 11.1 Å². The van der Waals surface area contributed by atoms with Crippen molar-refractivity contribution in [2.45, 2.75) is 50.9 Å². The summed E-state index contributed by atoms with van der Waals surface area (Å²) < 4.78 is 5.66. The Morgan fingerprint density at radius 3 is 2.62 bits per heavy atom. The van der Waals surface area contributed by atoms with Crippen LogP contribution in [0, 0.1) is 5.92 Å². The molecule has 4 aliphatic heterocycles. The Hall–Kier alpha value is -1.63. The van der Waals surface area contributed by atoms with Gasteiger partial charge in [-0.3, -0.25) is 9.69 Å². The smallest absolute Gasteiger partial charge is 0.320 e. The van der Waals surface area contributed by atoms with Crippen molar-refractivity contribution in [2.75, 3.05) is 32.8 Å². The summed E-state index contributed by atoms with van der Waals surface area (Å²) in [5, 5.41) is 0.805. The van der Waals surface area contributed by atoms with Crippen molar-refractivity contribution in [3.8, 4) is 0 Å². The Morgan fingerprint density at radius 1 is 1.03 bits per heavy atom. The number of rotatable bonds is 1. The molecule has 3 saturated heterocycles. The van der Waals surface area contributed by atoms with Crippen LogP contribution in [0.3, 0.4) is 0 Å². The molecule has 6 nitrogen and oxygen atoms in total. The minimum atomic E-state index is 0.136. The highest BCUT2D eigenvalue weighted by atomic mass is 35.5. The second-order valence-corrected chi connectivity index (χ2v) is 9.34. The van der Waals surface area contributed by atoms with E-state index in [0.29, 0.717) is 19.0 Å². The number of Topliss-reactive ketones (excluding diaryl/α,β-unsaturated/α-hetero) is 1. The largest absolute Gasteiger partial charge is 0.370 e. The average molecular weight is 418 g/mol. The van der Waals surface area contributed by atoms with Gasteiger partial charge >= 0.3 is 6.03 Å². The van der Waals surface area contributed by atoms with E-state index in [1.54, 1.807) is 0 Å². The molecule has 2 amide bonds. The molecule has 0 bridgehead atoms. The Bertz CT molecular complexity index is 808. The molecule has 0 aromatic heterocycles. The second-order valence-electron chi connectivity index (χ2n) is 8.91. The number of ketones is 1. The van der Waals surface area contributed by atoms with Gasteiger partial charge in [0.05, 0.1) is 6.10 Å². The van der Waals surface area contributed by atoms with Gasteiger partial charge in [-0.15, -0.1) is 0 Å². The zero-order valence-corrected chi connectivity index (χ0v) is 17.4. The quantitative estimate of drug-likeness (QED) is 0.705. The van der Waals surface area contributed by atoms with Crippen molar-refractivity contribution in [3.63, 3.8) is 0 Å². The Morgan fingerprint density at radius 2 is 1.79 bits per heavy atom. The van der Waals surface area contributed by atoms with Crippen molar-refractivity contribution in [1.82, 2.24) is 14.7 Å². The molecule has 0 radical (unpaired) electrons. The summed E-state index contributed by atoms with van der Waals surface area (Å²) in [6, 6.07) is 6.84. The minimum absolute atomic E-state index is 0.136. The molecule has 3 fully saturated rings. The standard InChI is InChI=1S/C22H28ClN3O3/c23-18-2-1-15-11-26(12-16(15)9-18)19-3-6-24(7-4-19)22(28)25-8-5-21-17(13-25)10-20(27)14-29-21/h1-2,9,17,19,21H,3-8,10-14H2/t17-,21+/m1/s1. The van der Waals surface area contributed by atoms with E-state index in [9.17, 15) is 9.59 Å². The lowest BCUT2D eigenvalue weighted by Crippen LogP contribution is -2.55. The molecule has 0 N–H and O–H groups in total. The van der Waals surface area contributed by atoms with Crippen LogP contribution in [0.15, 0.2) is 18.2 Å². The number of benzene rings is 1. The number of carbonyl (C=O) groups is 2. The summed E-state index contributed by atoms with van der Waals surface area (Å²) in [6.07, 6.45) is 3.56. The minimum Gasteiger partial charge on any atom is -0.370 e. The van der Waals surface area contributed by atoms with Crippen molar-refractivity contribution in [2.24, 2.45) is 5.92 Å². The van der Waals surface area contributed by atoms with E-state index in [2.05, 4.69) is 17.0 Å². The maximum atomic E-state index is 13.1. The number of hydrogen-bond acceptors (Lipinski definition) is 4. The molecular weight excluding hydrogens is 390 g/mol. The number of urea groups is 1. The van der Waals surface area contributed by atoms with Gasteiger partial charge in [-0.05, 0) is 42.5 Å². The molecule has 0 aliphatic carbocycles. The van der Waals surface area contributed by atoms with Crippen LogP contribution >= 0.6 is 11.6 Å². The van der Waals surface area contributed by atoms with Crippen LogP contribution in [0.1, 0.15) is 36.8 Å². The number of fused-ring (bicyclic) bond motifs is 2. The van der Waals surface area contributed by atoms with E-state index in [4.69, 9.17) is 16.3 Å². The fraction of sp³-hybridized carbons (Fsp3) is 0.636. The van der Waals surface area contributed by atoms with E-state index >= 15 is 0 Å². The monoisotopic (exact) mass is 417 g/mol. The first kappa shape index (κ1) is 19.3. The Balaban J connectivity index is 1.14. The molecule has 0 saturated carbocycles. The number of halogens is 1. The lowest BCUT2D eigenvalue weighted by Gasteiger charge is -2.43. The third-order valence-corrected chi connectivity index (χ3v) is 7.28. The summed E-state index contributed by atoms with van der Waals surface area (Å²) in [7, 11) is 0. The number of hydrogen-bond donors (Lipinski definition) is 0. The van der Waals surface area contributed by atoms with Crippen molar-refractivity contribution in [3.05, 3.63) is 34.3 Å². The number of amides is 2. The van der Waals surface area contributed by atoms with Gasteiger partial charge in [0.2, 0.25) is 0 Å². The number of ether oxygens (including phenoxy) is 1. The predicted octanol–water partition coefficient (Wildman–Crippen LogP) is 2.92. The molecule has 5 rings (SSSR count). The normalized spacial score (nSPS) is 28.4. The maximum Gasteiger partial charge on any atom is 0.320 e. The van der Waals surface area contributed by atoms with Crippen molar-refractivity contribution < 1.29 is 14.3 Å². The van der Waals surface area contributed by atoms with Crippen molar-refractivity contribution >= 4 is 23.4 Å². The highest BCUT2D eigenvalue weighted by Gasteiger charge is 2.38. The zero-order valence-electron chi connectivity index (χ0n) is 16.7. The van der Waals surface area contributed by atoms with Crippen molar-refractivity contribution in [1.29, 1.82) is 0 Å². The van der Waals surface area contributed by atoms with Crippen LogP contribution in [0.4, 0.5) is 4.79 Å². The first-order valence-corrected chi connectivity index (χ1v) is 11.1. The van der Waals surface area contributed by atoms with Crippen LogP contribution in [0.2, 0.25) is 5.02 Å². The fourth-order valence-electron chi connectivity index (χ4n) is 5.42. The van der Waals surface area contributed by atoms with Crippen LogP contribution in [-0.2, 0) is 22.6 Å². The van der Waals surface area contributed by atoms with E-state index in [1.807, 2.05) is 15.9 Å². The first-order valence-electron chi connectivity index (χ1n) is 10.8. The molecule has 29 heavy (non-hydrogen) atoms. The van der Waals surface area contributed by atoms with Gasteiger partial charge < -0.3 is 14.5 Å². The number of likely N-dealkylation sites (tertiary alicyclic amines) is 2. The summed E-state index contributed by atoms with van der Waals surface area (Å²) >= 11 is 6.14. The number of piperidine rings is 2. The third-order valence-electron chi connectivity index (χ3n) is 7.05. The van der Waals surface area contributed by atoms with Gasteiger partial charge in [0.25, 0.3) is 0 Å². The highest BCUT2D eigenvalue weighted by Crippen LogP contribution is 2.31. The molecule has 1 aromatic carbocycles. The topological polar surface area (TPSA) is 53.1 Å². The lowest BCUT2D eigenvalue weighted by molar-refractivity contribution is -0.140. The molecule has 4 aliphatic rings. The van der Waals surface area contributed by atoms with E-state index < -0.39 is 0 Å². The molecule has 1 aromatic rings. The molecule has 0 unspecified atom stereocenters. The van der Waals surface area contributed by atoms with Gasteiger partial charge in [-0.1, -0.05) is 17.7 Å². The van der Waals surface area contributed by atoms with Crippen LogP contribution in [0.5, 0.6) is 0 Å². The highest BCUT2D eigenvalue weighted by molar-refractivity contribution is 6.30. The van der Waals surface area contributed by atoms with Gasteiger partial charge in [0.1, 0.15) is 6.61 Å². The molecule has 156 valence electrons. The van der Waals surface area contributed by atoms with E-state index in [0.717, 1.165) is 57.0 Å². The predicted molar refractivity (Wildman–Crippen MR) is 110 cm³/mol. The van der Waals surface area contributed by atoms with Crippen LogP contribution < -0.4 is 0 Å². The van der Waals surface area contributed by atoms with Gasteiger partial charge in [-0.25, -0.2) is 4.79 Å². The molecular formula is C22H28ClN3O3. The fourth-order valence-corrected chi connectivity index (χ4v) is 5.62. The number of nitrogens with zero attached hydrogens (tertiary/aromatic N) is 3. The zero-order chi connectivity index (χ0) is 20.0. The summed E-state index contributed by atoms with van der Waals surface area (Å²) in [6.45, 7) is 5.17. The number of carbonyl (C=O) groups excluding carboxylic acids is 2. The van der Waals surface area contributed by atoms with Crippen LogP contribution in [-0.4, -0.2) is 71.4 Å². The average Bonchev–Trinajstić information content (AvgIpc) is 3.16. The summed E-state index contributed by atoms with van der Waals surface area (Å²) in [5.74, 6) is 0.329. The summed E-state index contributed by atoms with van der Waals surface area (Å²) in [4.78, 5) is 31.2. The Kier molecular flexibility index (Phi) is 5.26. The van der Waals surface area contributed by atoms with Crippen LogP contribution in [0.25, 0.3) is 0 Å². The van der Waals surface area contributed by atoms with Gasteiger partial charge in [-0.2, -0.15) is 0 Å². The first-order chi connectivity index (χ1) is 14.1. The second kappa shape index (κ2) is 7.89. The molecule has 7 heteroatoms. The molecule has 2 atom stereocenters. The van der Waals surface area contributed by atoms with E-state index in [-0.39, 0.29) is 30.4 Å². The molecule has 4 heterocycles. The van der Waals surface area contributed by atoms with Gasteiger partial charge in [0.15, 0.2) is 5.78 Å². The summed E-state index contributed by atoms with van der Waals surface area (Å²) in [5.41, 5.74) is 2.71. The maximum absolute atomic E-state index is 13.1. The SMILES string of the molecule is O=C1CO[C@H]2CCN(C(=O)N3CCC(N4Cc5ccc(Cl)cc5C4)CC3)C[C@H]2C1. The third kappa shape index (κ3) is 3.90. The lowest BCUT2D eigenvalue weighted by atomic mass is 9.88.